The fourth-order valence-corrected chi connectivity index (χ4v) is 4.85. The molecule has 2 fully saturated rings. The Bertz CT molecular complexity index is 1040. The number of anilines is 1. The average molecular weight is 410 g/mol. The molecule has 2 saturated heterocycles. The largest absolute Gasteiger partial charge is 0.370 e. The van der Waals surface area contributed by atoms with Crippen molar-refractivity contribution in [3.05, 3.63) is 59.0 Å². The number of fused-ring (bicyclic) bond motifs is 1. The van der Waals surface area contributed by atoms with E-state index >= 15 is 0 Å². The van der Waals surface area contributed by atoms with Gasteiger partial charge in [-0.05, 0) is 56.0 Å². The van der Waals surface area contributed by atoms with Gasteiger partial charge in [-0.15, -0.1) is 10.2 Å². The number of hydrogen-bond donors (Lipinski definition) is 0. The van der Waals surface area contributed by atoms with Crippen molar-refractivity contribution >= 4 is 28.8 Å². The predicted octanol–water partition coefficient (Wildman–Crippen LogP) is 4.00. The summed E-state index contributed by atoms with van der Waals surface area (Å²) < 4.78 is 2.03. The molecule has 0 bridgehead atoms. The van der Waals surface area contributed by atoms with E-state index in [9.17, 15) is 4.79 Å². The van der Waals surface area contributed by atoms with Gasteiger partial charge in [0.2, 0.25) is 0 Å². The lowest BCUT2D eigenvalue weighted by atomic mass is 9.96. The number of benzene rings is 1. The molecule has 0 aliphatic carbocycles. The molecule has 0 N–H and O–H groups in total. The molecule has 0 radical (unpaired) electrons. The van der Waals surface area contributed by atoms with Crippen molar-refractivity contribution in [3.8, 4) is 0 Å². The van der Waals surface area contributed by atoms with E-state index < -0.39 is 0 Å². The summed E-state index contributed by atoms with van der Waals surface area (Å²) in [6.45, 7) is 3.48. The molecule has 29 heavy (non-hydrogen) atoms. The Hall–Kier alpha value is -2.60. The first kappa shape index (κ1) is 18.4. The van der Waals surface area contributed by atoms with Crippen LogP contribution < -0.4 is 4.90 Å². The Morgan fingerprint density at radius 2 is 1.90 bits per heavy atom. The van der Waals surface area contributed by atoms with Crippen LogP contribution in [0.2, 0.25) is 5.02 Å². The number of nitrogens with zero attached hydrogens (tertiary/aromatic N) is 5. The lowest BCUT2D eigenvalue weighted by Crippen LogP contribution is -2.39. The second-order valence-corrected chi connectivity index (χ2v) is 8.34. The second kappa shape index (κ2) is 7.67. The molecular formula is C22H24ClN5O. The standard InChI is InChI=1S/C22H24ClN5O/c23-18-14-16(8-9-19(18)26-10-3-4-11-26)22(29)27-12-5-6-17(15-27)21-25-24-20-7-1-2-13-28(20)21/h1-2,7-9,13-14,17H,3-6,10-12,15H2. The van der Waals surface area contributed by atoms with Crippen LogP contribution in [-0.4, -0.2) is 51.6 Å². The summed E-state index contributed by atoms with van der Waals surface area (Å²) in [6.07, 6.45) is 6.35. The van der Waals surface area contributed by atoms with Gasteiger partial charge in [0.15, 0.2) is 5.65 Å². The van der Waals surface area contributed by atoms with Crippen LogP contribution in [0, 0.1) is 0 Å². The van der Waals surface area contributed by atoms with E-state index in [2.05, 4.69) is 15.1 Å². The molecule has 150 valence electrons. The number of carbonyl (C=O) groups excluding carboxylic acids is 1. The Labute approximate surface area is 175 Å². The van der Waals surface area contributed by atoms with Crippen molar-refractivity contribution in [2.75, 3.05) is 31.1 Å². The summed E-state index contributed by atoms with van der Waals surface area (Å²) in [5, 5.41) is 9.33. The molecule has 2 aliphatic rings. The van der Waals surface area contributed by atoms with Crippen LogP contribution in [0.15, 0.2) is 42.6 Å². The number of piperidine rings is 1. The molecule has 7 heteroatoms. The Morgan fingerprint density at radius 1 is 1.03 bits per heavy atom. The van der Waals surface area contributed by atoms with E-state index in [4.69, 9.17) is 11.6 Å². The Balaban J connectivity index is 1.35. The van der Waals surface area contributed by atoms with Crippen molar-refractivity contribution in [1.29, 1.82) is 0 Å². The van der Waals surface area contributed by atoms with Crippen molar-refractivity contribution in [3.63, 3.8) is 0 Å². The summed E-state index contributed by atoms with van der Waals surface area (Å²) >= 11 is 6.53. The summed E-state index contributed by atoms with van der Waals surface area (Å²) in [5.74, 6) is 1.16. The Morgan fingerprint density at radius 3 is 2.72 bits per heavy atom. The van der Waals surface area contributed by atoms with Crippen LogP contribution in [0.25, 0.3) is 5.65 Å². The number of rotatable bonds is 3. The summed E-state index contributed by atoms with van der Waals surface area (Å²) in [4.78, 5) is 17.4. The third kappa shape index (κ3) is 3.46. The number of carbonyl (C=O) groups is 1. The number of amides is 1. The van der Waals surface area contributed by atoms with Crippen molar-refractivity contribution < 1.29 is 4.79 Å². The van der Waals surface area contributed by atoms with Gasteiger partial charge in [-0.3, -0.25) is 9.20 Å². The van der Waals surface area contributed by atoms with Gasteiger partial charge in [-0.1, -0.05) is 17.7 Å². The molecule has 3 aromatic rings. The van der Waals surface area contributed by atoms with Crippen molar-refractivity contribution in [1.82, 2.24) is 19.5 Å². The zero-order valence-electron chi connectivity index (χ0n) is 16.3. The highest BCUT2D eigenvalue weighted by atomic mass is 35.5. The molecule has 2 aromatic heterocycles. The highest BCUT2D eigenvalue weighted by Crippen LogP contribution is 2.31. The highest BCUT2D eigenvalue weighted by Gasteiger charge is 2.29. The van der Waals surface area contributed by atoms with Crippen LogP contribution in [0.1, 0.15) is 47.8 Å². The summed E-state index contributed by atoms with van der Waals surface area (Å²) in [5.41, 5.74) is 2.53. The molecule has 1 atom stereocenters. The van der Waals surface area contributed by atoms with E-state index in [0.717, 1.165) is 49.6 Å². The quantitative estimate of drug-likeness (QED) is 0.656. The zero-order valence-corrected chi connectivity index (χ0v) is 17.1. The highest BCUT2D eigenvalue weighted by molar-refractivity contribution is 6.33. The topological polar surface area (TPSA) is 53.7 Å². The van der Waals surface area contributed by atoms with Crippen molar-refractivity contribution in [2.24, 2.45) is 0 Å². The molecule has 0 saturated carbocycles. The molecular weight excluding hydrogens is 386 g/mol. The van der Waals surface area contributed by atoms with Gasteiger partial charge in [-0.2, -0.15) is 0 Å². The van der Waals surface area contributed by atoms with Gasteiger partial charge < -0.3 is 9.80 Å². The average Bonchev–Trinajstić information content (AvgIpc) is 3.43. The van der Waals surface area contributed by atoms with Crippen LogP contribution in [0.3, 0.4) is 0 Å². The SMILES string of the molecule is O=C(c1ccc(N2CCCC2)c(Cl)c1)N1CCCC(c2nnc3ccccn23)C1. The number of pyridine rings is 1. The van der Waals surface area contributed by atoms with E-state index in [1.54, 1.807) is 0 Å². The number of hydrogen-bond acceptors (Lipinski definition) is 4. The Kier molecular flexibility index (Phi) is 4.87. The van der Waals surface area contributed by atoms with E-state index in [-0.39, 0.29) is 11.8 Å². The molecule has 4 heterocycles. The van der Waals surface area contributed by atoms with Gasteiger partial charge in [0, 0.05) is 43.9 Å². The monoisotopic (exact) mass is 409 g/mol. The maximum absolute atomic E-state index is 13.2. The van der Waals surface area contributed by atoms with Gasteiger partial charge in [0.25, 0.3) is 5.91 Å². The van der Waals surface area contributed by atoms with Gasteiger partial charge in [0.1, 0.15) is 5.82 Å². The number of likely N-dealkylation sites (tertiary alicyclic amines) is 1. The minimum absolute atomic E-state index is 0.0402. The van der Waals surface area contributed by atoms with Crippen LogP contribution in [0.4, 0.5) is 5.69 Å². The minimum atomic E-state index is 0.0402. The van der Waals surface area contributed by atoms with Gasteiger partial charge >= 0.3 is 0 Å². The number of aromatic nitrogens is 3. The van der Waals surface area contributed by atoms with Crippen LogP contribution in [0.5, 0.6) is 0 Å². The van der Waals surface area contributed by atoms with Crippen LogP contribution >= 0.6 is 11.6 Å². The zero-order chi connectivity index (χ0) is 19.8. The lowest BCUT2D eigenvalue weighted by molar-refractivity contribution is 0.0704. The fraction of sp³-hybridized carbons (Fsp3) is 0.409. The second-order valence-electron chi connectivity index (χ2n) is 7.94. The van der Waals surface area contributed by atoms with E-state index in [0.29, 0.717) is 17.1 Å². The minimum Gasteiger partial charge on any atom is -0.370 e. The maximum atomic E-state index is 13.2. The first-order valence-electron chi connectivity index (χ1n) is 10.3. The smallest absolute Gasteiger partial charge is 0.253 e. The molecule has 5 rings (SSSR count). The molecule has 1 amide bonds. The third-order valence-electron chi connectivity index (χ3n) is 6.06. The van der Waals surface area contributed by atoms with Crippen molar-refractivity contribution in [2.45, 2.75) is 31.6 Å². The van der Waals surface area contributed by atoms with Gasteiger partial charge in [-0.25, -0.2) is 0 Å². The molecule has 1 unspecified atom stereocenters. The molecule has 1 aromatic carbocycles. The fourth-order valence-electron chi connectivity index (χ4n) is 4.55. The molecule has 6 nitrogen and oxygen atoms in total. The summed E-state index contributed by atoms with van der Waals surface area (Å²) in [6, 6.07) is 11.6. The molecule has 2 aliphatic heterocycles. The third-order valence-corrected chi connectivity index (χ3v) is 6.36. The lowest BCUT2D eigenvalue weighted by Gasteiger charge is -2.32. The normalized spacial score (nSPS) is 19.8. The van der Waals surface area contributed by atoms with Gasteiger partial charge in [0.05, 0.1) is 10.7 Å². The molecule has 0 spiro atoms. The first-order valence-corrected chi connectivity index (χ1v) is 10.7. The predicted molar refractivity (Wildman–Crippen MR) is 114 cm³/mol. The van der Waals surface area contributed by atoms with Crippen LogP contribution in [-0.2, 0) is 0 Å². The summed E-state index contributed by atoms with van der Waals surface area (Å²) in [7, 11) is 0. The number of halogens is 1. The first-order chi connectivity index (χ1) is 14.2. The maximum Gasteiger partial charge on any atom is 0.253 e. The van der Waals surface area contributed by atoms with E-state index in [1.165, 1.54) is 12.8 Å². The van der Waals surface area contributed by atoms with E-state index in [1.807, 2.05) is 51.9 Å².